The van der Waals surface area contributed by atoms with Crippen LogP contribution in [0.4, 0.5) is 10.5 Å². The van der Waals surface area contributed by atoms with Gasteiger partial charge in [0.05, 0.1) is 18.3 Å². The van der Waals surface area contributed by atoms with Crippen molar-refractivity contribution in [1.29, 1.82) is 0 Å². The van der Waals surface area contributed by atoms with Crippen LogP contribution >= 0.6 is 0 Å². The number of aryl methyl sites for hydroxylation is 1. The average molecular weight is 477 g/mol. The number of anilines is 1. The number of rotatable bonds is 5. The number of fused-ring (bicyclic) bond motifs is 3. The van der Waals surface area contributed by atoms with Gasteiger partial charge in [-0.25, -0.2) is 9.78 Å². The number of hydrogen-bond acceptors (Lipinski definition) is 4. The van der Waals surface area contributed by atoms with E-state index in [0.29, 0.717) is 19.6 Å². The first-order valence-corrected chi connectivity index (χ1v) is 12.8. The summed E-state index contributed by atoms with van der Waals surface area (Å²) in [6, 6.07) is 8.01. The third kappa shape index (κ3) is 3.95. The second-order valence-electron chi connectivity index (χ2n) is 10.8. The molecule has 2 amide bonds. The summed E-state index contributed by atoms with van der Waals surface area (Å²) in [7, 11) is 0. The number of amides is 2. The lowest BCUT2D eigenvalue weighted by molar-refractivity contribution is -0.128. The van der Waals surface area contributed by atoms with Crippen molar-refractivity contribution >= 4 is 17.7 Å². The molecule has 0 radical (unpaired) electrons. The van der Waals surface area contributed by atoms with Gasteiger partial charge < -0.3 is 19.1 Å². The molecule has 1 saturated heterocycles. The molecule has 35 heavy (non-hydrogen) atoms. The highest BCUT2D eigenvalue weighted by Crippen LogP contribution is 2.48. The van der Waals surface area contributed by atoms with E-state index in [1.54, 1.807) is 4.90 Å². The fourth-order valence-corrected chi connectivity index (χ4v) is 5.57. The van der Waals surface area contributed by atoms with E-state index >= 15 is 0 Å². The molecule has 1 fully saturated rings. The van der Waals surface area contributed by atoms with E-state index in [4.69, 9.17) is 9.72 Å². The highest BCUT2D eigenvalue weighted by atomic mass is 16.6. The minimum Gasteiger partial charge on any atom is -0.447 e. The molecular weight excluding hydrogens is 440 g/mol. The Labute approximate surface area is 207 Å². The SMILES string of the molecule is CC(C)=C(C)Cn1c(CN2C(=O)C3(CN(C(=O)OC(C)C)C3)c3ccccc32)nc2c1CCCC2. The maximum Gasteiger partial charge on any atom is 0.410 e. The lowest BCUT2D eigenvalue weighted by atomic mass is 9.75. The van der Waals surface area contributed by atoms with Crippen LogP contribution in [0, 0.1) is 0 Å². The van der Waals surface area contributed by atoms with Crippen molar-refractivity contribution in [3.8, 4) is 0 Å². The summed E-state index contributed by atoms with van der Waals surface area (Å²) in [5.41, 5.74) is 6.40. The number of hydrogen-bond donors (Lipinski definition) is 0. The summed E-state index contributed by atoms with van der Waals surface area (Å²) in [5, 5.41) is 0. The van der Waals surface area contributed by atoms with Crippen LogP contribution in [0.3, 0.4) is 0 Å². The maximum atomic E-state index is 13.9. The van der Waals surface area contributed by atoms with Gasteiger partial charge in [0.25, 0.3) is 0 Å². The number of carbonyl (C=O) groups excluding carboxylic acids is 2. The molecule has 0 saturated carbocycles. The Bertz CT molecular complexity index is 1200. The molecule has 7 nitrogen and oxygen atoms in total. The van der Waals surface area contributed by atoms with E-state index in [-0.39, 0.29) is 18.1 Å². The van der Waals surface area contributed by atoms with E-state index in [1.807, 2.05) is 43.0 Å². The summed E-state index contributed by atoms with van der Waals surface area (Å²) in [6.07, 6.45) is 3.86. The number of likely N-dealkylation sites (tertiary alicyclic amines) is 1. The summed E-state index contributed by atoms with van der Waals surface area (Å²) in [5.74, 6) is 1.01. The second-order valence-corrected chi connectivity index (χ2v) is 10.8. The Hall–Kier alpha value is -3.09. The Morgan fingerprint density at radius 1 is 1.11 bits per heavy atom. The topological polar surface area (TPSA) is 67.7 Å². The normalized spacial score (nSPS) is 17.9. The molecule has 2 aliphatic heterocycles. The van der Waals surface area contributed by atoms with Gasteiger partial charge in [-0.3, -0.25) is 4.79 Å². The van der Waals surface area contributed by atoms with Crippen LogP contribution in [0.2, 0.25) is 0 Å². The van der Waals surface area contributed by atoms with Gasteiger partial charge in [0, 0.05) is 31.0 Å². The Balaban J connectivity index is 1.46. The predicted molar refractivity (Wildman–Crippen MR) is 135 cm³/mol. The molecule has 1 aromatic carbocycles. The molecule has 1 spiro atoms. The zero-order valence-corrected chi connectivity index (χ0v) is 21.6. The van der Waals surface area contributed by atoms with Crippen LogP contribution in [0.1, 0.15) is 70.2 Å². The van der Waals surface area contributed by atoms with Gasteiger partial charge in [-0.2, -0.15) is 0 Å². The van der Waals surface area contributed by atoms with Crippen molar-refractivity contribution in [2.75, 3.05) is 18.0 Å². The maximum absolute atomic E-state index is 13.9. The summed E-state index contributed by atoms with van der Waals surface area (Å²) < 4.78 is 7.72. The molecule has 2 aromatic rings. The highest BCUT2D eigenvalue weighted by molar-refractivity contribution is 6.09. The van der Waals surface area contributed by atoms with Crippen LogP contribution in [-0.4, -0.2) is 45.6 Å². The molecule has 0 bridgehead atoms. The molecule has 5 rings (SSSR count). The van der Waals surface area contributed by atoms with Gasteiger partial charge in [0.15, 0.2) is 0 Å². The van der Waals surface area contributed by atoms with Crippen molar-refractivity contribution in [1.82, 2.24) is 14.5 Å². The summed E-state index contributed by atoms with van der Waals surface area (Å²) in [4.78, 5) is 35.0. The standard InChI is InChI=1S/C28H36N4O3/c1-18(2)20(5)14-31-24-13-9-7-11-22(24)29-25(31)15-32-23-12-8-6-10-21(23)28(26(32)33)16-30(17-28)27(34)35-19(3)4/h6,8,10,12,19H,7,9,11,13-17H2,1-5H3. The minimum absolute atomic E-state index is 0.0544. The first kappa shape index (κ1) is 23.6. The zero-order valence-electron chi connectivity index (χ0n) is 21.6. The zero-order chi connectivity index (χ0) is 24.9. The fraction of sp³-hybridized carbons (Fsp3) is 0.536. The number of nitrogens with zero attached hydrogens (tertiary/aromatic N) is 4. The van der Waals surface area contributed by atoms with Gasteiger partial charge in [0.2, 0.25) is 5.91 Å². The van der Waals surface area contributed by atoms with E-state index in [2.05, 4.69) is 25.3 Å². The highest BCUT2D eigenvalue weighted by Gasteiger charge is 2.59. The van der Waals surface area contributed by atoms with E-state index in [9.17, 15) is 9.59 Å². The molecule has 0 N–H and O–H groups in total. The first-order chi connectivity index (χ1) is 16.7. The van der Waals surface area contributed by atoms with Gasteiger partial charge >= 0.3 is 6.09 Å². The Morgan fingerprint density at radius 2 is 1.83 bits per heavy atom. The third-order valence-corrected chi connectivity index (χ3v) is 7.74. The number of aromatic nitrogens is 2. The monoisotopic (exact) mass is 476 g/mol. The first-order valence-electron chi connectivity index (χ1n) is 12.8. The molecule has 0 unspecified atom stereocenters. The second kappa shape index (κ2) is 8.85. The van der Waals surface area contributed by atoms with Crippen molar-refractivity contribution < 1.29 is 14.3 Å². The average Bonchev–Trinajstić information content (AvgIpc) is 3.25. The largest absolute Gasteiger partial charge is 0.447 e. The third-order valence-electron chi connectivity index (χ3n) is 7.74. The molecule has 3 heterocycles. The lowest BCUT2D eigenvalue weighted by Crippen LogP contribution is -2.65. The molecular formula is C28H36N4O3. The Kier molecular flexibility index (Phi) is 5.98. The van der Waals surface area contributed by atoms with Gasteiger partial charge in [-0.05, 0) is 71.9 Å². The Morgan fingerprint density at radius 3 is 2.54 bits per heavy atom. The van der Waals surface area contributed by atoms with Crippen LogP contribution in [0.25, 0.3) is 0 Å². The fourth-order valence-electron chi connectivity index (χ4n) is 5.57. The smallest absolute Gasteiger partial charge is 0.410 e. The van der Waals surface area contributed by atoms with Gasteiger partial charge in [-0.1, -0.05) is 29.3 Å². The minimum atomic E-state index is -0.695. The molecule has 186 valence electrons. The number of imidazole rings is 1. The van der Waals surface area contributed by atoms with Crippen LogP contribution in [0.5, 0.6) is 0 Å². The molecule has 1 aromatic heterocycles. The van der Waals surface area contributed by atoms with Crippen molar-refractivity contribution in [3.63, 3.8) is 0 Å². The number of ether oxygens (including phenoxy) is 1. The molecule has 3 aliphatic rings. The van der Waals surface area contributed by atoms with Gasteiger partial charge in [0.1, 0.15) is 11.2 Å². The van der Waals surface area contributed by atoms with Crippen LogP contribution in [-0.2, 0) is 40.9 Å². The number of carbonyl (C=O) groups is 2. The number of allylic oxidation sites excluding steroid dienone is 2. The van der Waals surface area contributed by atoms with Crippen LogP contribution < -0.4 is 4.90 Å². The van der Waals surface area contributed by atoms with E-state index in [1.165, 1.54) is 35.4 Å². The van der Waals surface area contributed by atoms with Crippen molar-refractivity contribution in [3.05, 3.63) is 58.2 Å². The van der Waals surface area contributed by atoms with Crippen molar-refractivity contribution in [2.24, 2.45) is 0 Å². The van der Waals surface area contributed by atoms with E-state index in [0.717, 1.165) is 36.5 Å². The molecule has 7 heteroatoms. The molecule has 1 aliphatic carbocycles. The number of benzene rings is 1. The predicted octanol–water partition coefficient (Wildman–Crippen LogP) is 4.76. The summed E-state index contributed by atoms with van der Waals surface area (Å²) >= 11 is 0. The molecule has 0 atom stereocenters. The van der Waals surface area contributed by atoms with E-state index < -0.39 is 5.41 Å². The number of para-hydroxylation sites is 1. The van der Waals surface area contributed by atoms with Gasteiger partial charge in [-0.15, -0.1) is 0 Å². The van der Waals surface area contributed by atoms with Crippen molar-refractivity contribution in [2.45, 2.75) is 84.9 Å². The summed E-state index contributed by atoms with van der Waals surface area (Å²) in [6.45, 7) is 12.1. The quantitative estimate of drug-likeness (QED) is 0.584. The lowest BCUT2D eigenvalue weighted by Gasteiger charge is -2.46. The van der Waals surface area contributed by atoms with Crippen LogP contribution in [0.15, 0.2) is 35.4 Å².